The molecule has 1 aromatic rings. The smallest absolute Gasteiger partial charge is 0.127 e. The third-order valence-electron chi connectivity index (χ3n) is 2.31. The first-order chi connectivity index (χ1) is 6.31. The van der Waals surface area contributed by atoms with E-state index in [1.165, 1.54) is 12.8 Å². The van der Waals surface area contributed by atoms with E-state index in [2.05, 4.69) is 16.2 Å². The molecule has 1 N–H and O–H groups in total. The average molecular weight is 192 g/mol. The van der Waals surface area contributed by atoms with Gasteiger partial charge in [0.05, 0.1) is 6.04 Å². The molecule has 0 bridgehead atoms. The lowest BCUT2D eigenvalue weighted by Crippen LogP contribution is -2.12. The summed E-state index contributed by atoms with van der Waals surface area (Å²) in [4.78, 5) is 5.59. The molecular formula is C10H12N2S. The summed E-state index contributed by atoms with van der Waals surface area (Å²) < 4.78 is 0. The van der Waals surface area contributed by atoms with Crippen LogP contribution < -0.4 is 5.32 Å². The van der Waals surface area contributed by atoms with Crippen molar-refractivity contribution in [3.63, 3.8) is 0 Å². The van der Waals surface area contributed by atoms with Crippen LogP contribution in [0.3, 0.4) is 0 Å². The molecule has 1 saturated heterocycles. The largest absolute Gasteiger partial charge is 0.308 e. The van der Waals surface area contributed by atoms with Crippen LogP contribution in [0.2, 0.25) is 0 Å². The van der Waals surface area contributed by atoms with Gasteiger partial charge in [0, 0.05) is 4.88 Å². The second-order valence-corrected chi connectivity index (χ2v) is 4.48. The Kier molecular flexibility index (Phi) is 2.34. The number of aryl methyl sites for hydroxylation is 1. The lowest BCUT2D eigenvalue weighted by Gasteiger charge is -2.03. The molecule has 1 fully saturated rings. The van der Waals surface area contributed by atoms with Crippen LogP contribution in [0, 0.1) is 19.3 Å². The summed E-state index contributed by atoms with van der Waals surface area (Å²) >= 11 is 1.72. The van der Waals surface area contributed by atoms with E-state index in [4.69, 9.17) is 6.42 Å². The van der Waals surface area contributed by atoms with Crippen molar-refractivity contribution in [3.8, 4) is 12.3 Å². The van der Waals surface area contributed by atoms with Gasteiger partial charge < -0.3 is 5.32 Å². The molecule has 0 radical (unpaired) electrons. The van der Waals surface area contributed by atoms with Crippen molar-refractivity contribution in [3.05, 3.63) is 15.6 Å². The van der Waals surface area contributed by atoms with Gasteiger partial charge in [0.15, 0.2) is 0 Å². The second-order valence-electron chi connectivity index (χ2n) is 3.25. The maximum atomic E-state index is 5.34. The summed E-state index contributed by atoms with van der Waals surface area (Å²) in [6.07, 6.45) is 7.77. The normalized spacial score (nSPS) is 21.7. The Balaban J connectivity index is 2.26. The predicted molar refractivity (Wildman–Crippen MR) is 54.8 cm³/mol. The first kappa shape index (κ1) is 8.74. The minimum atomic E-state index is 0.450. The molecule has 1 aliphatic heterocycles. The van der Waals surface area contributed by atoms with E-state index >= 15 is 0 Å². The minimum Gasteiger partial charge on any atom is -0.308 e. The molecule has 3 heteroatoms. The third kappa shape index (κ3) is 1.60. The van der Waals surface area contributed by atoms with Gasteiger partial charge in [0.2, 0.25) is 0 Å². The van der Waals surface area contributed by atoms with Gasteiger partial charge in [0.1, 0.15) is 10.7 Å². The highest BCUT2D eigenvalue weighted by Crippen LogP contribution is 2.28. The Morgan fingerprint density at radius 1 is 1.69 bits per heavy atom. The summed E-state index contributed by atoms with van der Waals surface area (Å²) in [5.41, 5.74) is 0.814. The zero-order valence-corrected chi connectivity index (χ0v) is 8.45. The lowest BCUT2D eigenvalue weighted by molar-refractivity contribution is 0.642. The van der Waals surface area contributed by atoms with Crippen molar-refractivity contribution in [2.24, 2.45) is 0 Å². The number of hydrogen-bond acceptors (Lipinski definition) is 3. The highest BCUT2D eigenvalue weighted by molar-refractivity contribution is 7.11. The number of terminal acetylenes is 1. The summed E-state index contributed by atoms with van der Waals surface area (Å²) in [6, 6.07) is 0.450. The number of thiazole rings is 1. The standard InChI is InChI=1S/C10H12N2S/c1-3-8-7(2)13-10(12-8)9-5-4-6-11-9/h1,9,11H,4-6H2,2H3. The molecule has 2 nitrogen and oxygen atoms in total. The first-order valence-corrected chi connectivity index (χ1v) is 5.30. The van der Waals surface area contributed by atoms with Crippen LogP contribution in [0.1, 0.15) is 34.5 Å². The molecule has 2 rings (SSSR count). The van der Waals surface area contributed by atoms with E-state index in [1.807, 2.05) is 6.92 Å². The molecule has 0 saturated carbocycles. The van der Waals surface area contributed by atoms with Crippen LogP contribution >= 0.6 is 11.3 Å². The summed E-state index contributed by atoms with van der Waals surface area (Å²) in [7, 11) is 0. The molecule has 1 unspecified atom stereocenters. The van der Waals surface area contributed by atoms with E-state index in [-0.39, 0.29) is 0 Å². The molecular weight excluding hydrogens is 180 g/mol. The van der Waals surface area contributed by atoms with E-state index in [0.29, 0.717) is 6.04 Å². The van der Waals surface area contributed by atoms with Gasteiger partial charge >= 0.3 is 0 Å². The van der Waals surface area contributed by atoms with Gasteiger partial charge in [-0.1, -0.05) is 0 Å². The Labute approximate surface area is 82.4 Å². The topological polar surface area (TPSA) is 24.9 Å². The molecule has 2 heterocycles. The van der Waals surface area contributed by atoms with Crippen LogP contribution in [0.4, 0.5) is 0 Å². The lowest BCUT2D eigenvalue weighted by atomic mass is 10.2. The maximum absolute atomic E-state index is 5.34. The number of hydrogen-bond donors (Lipinski definition) is 1. The third-order valence-corrected chi connectivity index (χ3v) is 3.39. The van der Waals surface area contributed by atoms with Crippen molar-refractivity contribution in [2.45, 2.75) is 25.8 Å². The van der Waals surface area contributed by atoms with Crippen LogP contribution in [0.15, 0.2) is 0 Å². The van der Waals surface area contributed by atoms with E-state index in [9.17, 15) is 0 Å². The molecule has 68 valence electrons. The summed E-state index contributed by atoms with van der Waals surface area (Å²) in [5, 5.41) is 4.57. The van der Waals surface area contributed by atoms with E-state index in [1.54, 1.807) is 11.3 Å². The summed E-state index contributed by atoms with van der Waals surface area (Å²) in [6.45, 7) is 3.14. The highest BCUT2D eigenvalue weighted by Gasteiger charge is 2.20. The molecule has 0 aromatic carbocycles. The average Bonchev–Trinajstić information content (AvgIpc) is 2.71. The fourth-order valence-electron chi connectivity index (χ4n) is 1.60. The van der Waals surface area contributed by atoms with Crippen molar-refractivity contribution in [1.29, 1.82) is 0 Å². The van der Waals surface area contributed by atoms with E-state index in [0.717, 1.165) is 22.1 Å². The molecule has 0 spiro atoms. The van der Waals surface area contributed by atoms with Crippen molar-refractivity contribution in [2.75, 3.05) is 6.54 Å². The van der Waals surface area contributed by atoms with Crippen LogP contribution in [0.25, 0.3) is 0 Å². The number of rotatable bonds is 1. The maximum Gasteiger partial charge on any atom is 0.127 e. The zero-order valence-electron chi connectivity index (χ0n) is 7.63. The summed E-state index contributed by atoms with van der Waals surface area (Å²) in [5.74, 6) is 2.61. The van der Waals surface area contributed by atoms with Gasteiger partial charge in [-0.25, -0.2) is 4.98 Å². The van der Waals surface area contributed by atoms with Crippen molar-refractivity contribution in [1.82, 2.24) is 10.3 Å². The molecule has 0 aliphatic carbocycles. The molecule has 1 aromatic heterocycles. The molecule has 1 atom stereocenters. The number of aromatic nitrogens is 1. The predicted octanol–water partition coefficient (Wildman–Crippen LogP) is 1.86. The Morgan fingerprint density at radius 3 is 3.08 bits per heavy atom. The van der Waals surface area contributed by atoms with Gasteiger partial charge in [-0.15, -0.1) is 17.8 Å². The second kappa shape index (κ2) is 3.49. The van der Waals surface area contributed by atoms with Crippen molar-refractivity contribution >= 4 is 11.3 Å². The van der Waals surface area contributed by atoms with Gasteiger partial charge in [-0.05, 0) is 32.2 Å². The zero-order chi connectivity index (χ0) is 9.26. The first-order valence-electron chi connectivity index (χ1n) is 4.48. The fourth-order valence-corrected chi connectivity index (χ4v) is 2.59. The van der Waals surface area contributed by atoms with E-state index < -0.39 is 0 Å². The molecule has 13 heavy (non-hydrogen) atoms. The Bertz CT molecular complexity index is 342. The monoisotopic (exact) mass is 192 g/mol. The SMILES string of the molecule is C#Cc1nc(C2CCCN2)sc1C. The Morgan fingerprint density at radius 2 is 2.54 bits per heavy atom. The molecule has 0 amide bonds. The van der Waals surface area contributed by atoms with Gasteiger partial charge in [-0.2, -0.15) is 0 Å². The number of nitrogens with one attached hydrogen (secondary N) is 1. The minimum absolute atomic E-state index is 0.450. The Hall–Kier alpha value is -0.850. The number of nitrogens with zero attached hydrogens (tertiary/aromatic N) is 1. The van der Waals surface area contributed by atoms with Crippen LogP contribution in [-0.4, -0.2) is 11.5 Å². The fraction of sp³-hybridized carbons (Fsp3) is 0.500. The molecule has 1 aliphatic rings. The highest BCUT2D eigenvalue weighted by atomic mass is 32.1. The quantitative estimate of drug-likeness (QED) is 0.687. The van der Waals surface area contributed by atoms with Crippen LogP contribution in [-0.2, 0) is 0 Å². The van der Waals surface area contributed by atoms with Crippen molar-refractivity contribution < 1.29 is 0 Å². The van der Waals surface area contributed by atoms with Gasteiger partial charge in [-0.3, -0.25) is 0 Å². The van der Waals surface area contributed by atoms with Gasteiger partial charge in [0.25, 0.3) is 0 Å². The van der Waals surface area contributed by atoms with Crippen LogP contribution in [0.5, 0.6) is 0 Å².